The first kappa shape index (κ1) is 12.1. The summed E-state index contributed by atoms with van der Waals surface area (Å²) in [5.74, 6) is 0.630. The van der Waals surface area contributed by atoms with Crippen molar-refractivity contribution in [1.82, 2.24) is 30.2 Å². The summed E-state index contributed by atoms with van der Waals surface area (Å²) in [7, 11) is 0. The predicted molar refractivity (Wildman–Crippen MR) is 67.4 cm³/mol. The van der Waals surface area contributed by atoms with Gasteiger partial charge in [-0.15, -0.1) is 5.10 Å². The second-order valence-electron chi connectivity index (χ2n) is 4.80. The van der Waals surface area contributed by atoms with Crippen molar-refractivity contribution in [3.63, 3.8) is 0 Å². The summed E-state index contributed by atoms with van der Waals surface area (Å²) in [4.78, 5) is 2.41. The van der Waals surface area contributed by atoms with Gasteiger partial charge in [-0.25, -0.2) is 4.63 Å². The highest BCUT2D eigenvalue weighted by molar-refractivity contribution is 5.44. The minimum absolute atomic E-state index is 0.225. The van der Waals surface area contributed by atoms with Crippen molar-refractivity contribution in [3.8, 4) is 5.82 Å². The third kappa shape index (κ3) is 2.58. The number of hydrogen-bond acceptors (Lipinski definition) is 7. The van der Waals surface area contributed by atoms with Crippen LogP contribution in [0.3, 0.4) is 0 Å². The number of likely N-dealkylation sites (tertiary alicyclic amines) is 1. The Labute approximate surface area is 110 Å². The van der Waals surface area contributed by atoms with E-state index in [9.17, 15) is 0 Å². The van der Waals surface area contributed by atoms with E-state index in [1.807, 2.05) is 0 Å². The SMILES string of the molecule is Nc1nonc1-n1nncc1CN1CCCCCC1. The van der Waals surface area contributed by atoms with Gasteiger partial charge in [-0.3, -0.25) is 4.90 Å². The lowest BCUT2D eigenvalue weighted by Crippen LogP contribution is -2.25. The van der Waals surface area contributed by atoms with Crippen LogP contribution in [0.1, 0.15) is 31.4 Å². The lowest BCUT2D eigenvalue weighted by molar-refractivity contribution is 0.270. The molecule has 0 saturated carbocycles. The molecule has 0 radical (unpaired) electrons. The quantitative estimate of drug-likeness (QED) is 0.866. The summed E-state index contributed by atoms with van der Waals surface area (Å²) in [5, 5.41) is 15.3. The summed E-state index contributed by atoms with van der Waals surface area (Å²) in [6.07, 6.45) is 6.85. The zero-order chi connectivity index (χ0) is 13.1. The Morgan fingerprint density at radius 3 is 2.63 bits per heavy atom. The van der Waals surface area contributed by atoms with Gasteiger partial charge < -0.3 is 5.73 Å². The van der Waals surface area contributed by atoms with Crippen molar-refractivity contribution in [2.45, 2.75) is 32.2 Å². The molecule has 8 nitrogen and oxygen atoms in total. The van der Waals surface area contributed by atoms with Crippen LogP contribution in [0.25, 0.3) is 5.82 Å². The average Bonchev–Trinajstić information content (AvgIpc) is 2.93. The number of nitrogens with zero attached hydrogens (tertiary/aromatic N) is 6. The van der Waals surface area contributed by atoms with Crippen LogP contribution in [-0.2, 0) is 6.54 Å². The Kier molecular flexibility index (Phi) is 3.41. The van der Waals surface area contributed by atoms with E-state index in [0.717, 1.165) is 25.3 Å². The molecule has 2 N–H and O–H groups in total. The van der Waals surface area contributed by atoms with Crippen molar-refractivity contribution in [2.75, 3.05) is 18.8 Å². The maximum absolute atomic E-state index is 5.69. The first-order valence-electron chi connectivity index (χ1n) is 6.55. The summed E-state index contributed by atoms with van der Waals surface area (Å²) in [6.45, 7) is 3.01. The van der Waals surface area contributed by atoms with Gasteiger partial charge in [0.2, 0.25) is 11.6 Å². The predicted octanol–water partition coefficient (Wildman–Crippen LogP) is 0.608. The first-order chi connectivity index (χ1) is 9.34. The third-order valence-corrected chi connectivity index (χ3v) is 3.40. The molecule has 0 aliphatic carbocycles. The van der Waals surface area contributed by atoms with Crippen molar-refractivity contribution in [1.29, 1.82) is 0 Å². The Hall–Kier alpha value is -1.96. The number of anilines is 1. The molecule has 102 valence electrons. The van der Waals surface area contributed by atoms with Crippen molar-refractivity contribution < 1.29 is 4.63 Å². The molecule has 1 fully saturated rings. The van der Waals surface area contributed by atoms with Gasteiger partial charge in [0.1, 0.15) is 0 Å². The fraction of sp³-hybridized carbons (Fsp3) is 0.636. The number of rotatable bonds is 3. The van der Waals surface area contributed by atoms with Gasteiger partial charge >= 0.3 is 0 Å². The highest BCUT2D eigenvalue weighted by Gasteiger charge is 2.17. The fourth-order valence-corrected chi connectivity index (χ4v) is 2.40. The molecule has 1 aliphatic heterocycles. The second kappa shape index (κ2) is 5.35. The molecule has 0 aromatic carbocycles. The van der Waals surface area contributed by atoms with E-state index in [1.54, 1.807) is 10.9 Å². The van der Waals surface area contributed by atoms with Crippen LogP contribution in [0.15, 0.2) is 10.8 Å². The first-order valence-corrected chi connectivity index (χ1v) is 6.55. The van der Waals surface area contributed by atoms with E-state index in [2.05, 4.69) is 30.2 Å². The largest absolute Gasteiger partial charge is 0.378 e. The van der Waals surface area contributed by atoms with E-state index in [1.165, 1.54) is 25.7 Å². The molecule has 3 heterocycles. The summed E-state index contributed by atoms with van der Waals surface area (Å²) in [5.41, 5.74) is 6.64. The van der Waals surface area contributed by atoms with Gasteiger partial charge in [-0.2, -0.15) is 4.68 Å². The molecule has 3 rings (SSSR count). The van der Waals surface area contributed by atoms with Crippen LogP contribution in [-0.4, -0.2) is 43.3 Å². The molecule has 0 unspecified atom stereocenters. The Morgan fingerprint density at radius 1 is 1.16 bits per heavy atom. The second-order valence-corrected chi connectivity index (χ2v) is 4.80. The monoisotopic (exact) mass is 263 g/mol. The molecule has 0 spiro atoms. The molecular weight excluding hydrogens is 246 g/mol. The summed E-state index contributed by atoms with van der Waals surface area (Å²) < 4.78 is 6.20. The van der Waals surface area contributed by atoms with Crippen LogP contribution in [0, 0.1) is 0 Å². The van der Waals surface area contributed by atoms with Crippen molar-refractivity contribution >= 4 is 5.82 Å². The number of hydrogen-bond donors (Lipinski definition) is 1. The van der Waals surface area contributed by atoms with Crippen molar-refractivity contribution in [3.05, 3.63) is 11.9 Å². The molecular formula is C11H17N7O. The Bertz CT molecular complexity index is 527. The van der Waals surface area contributed by atoms with E-state index in [0.29, 0.717) is 5.82 Å². The van der Waals surface area contributed by atoms with E-state index in [-0.39, 0.29) is 5.82 Å². The lowest BCUT2D eigenvalue weighted by Gasteiger charge is -2.19. The maximum atomic E-state index is 5.69. The smallest absolute Gasteiger partial charge is 0.243 e. The van der Waals surface area contributed by atoms with Gasteiger partial charge in [0.05, 0.1) is 11.9 Å². The van der Waals surface area contributed by atoms with Crippen LogP contribution < -0.4 is 5.73 Å². The van der Waals surface area contributed by atoms with Crippen LogP contribution in [0.4, 0.5) is 5.82 Å². The summed E-state index contributed by atoms with van der Waals surface area (Å²) in [6, 6.07) is 0. The van der Waals surface area contributed by atoms with Gasteiger partial charge in [0.25, 0.3) is 0 Å². The molecule has 19 heavy (non-hydrogen) atoms. The number of nitrogen functional groups attached to an aromatic ring is 1. The molecule has 1 aliphatic rings. The van der Waals surface area contributed by atoms with Gasteiger partial charge in [-0.1, -0.05) is 18.1 Å². The highest BCUT2D eigenvalue weighted by Crippen LogP contribution is 2.16. The van der Waals surface area contributed by atoms with E-state index in [4.69, 9.17) is 5.73 Å². The number of nitrogens with two attached hydrogens (primary N) is 1. The maximum Gasteiger partial charge on any atom is 0.243 e. The molecule has 8 heteroatoms. The molecule has 0 bridgehead atoms. The fourth-order valence-electron chi connectivity index (χ4n) is 2.40. The zero-order valence-corrected chi connectivity index (χ0v) is 10.7. The van der Waals surface area contributed by atoms with Crippen LogP contribution in [0.5, 0.6) is 0 Å². The topological polar surface area (TPSA) is 98.9 Å². The molecule has 2 aromatic heterocycles. The number of aromatic nitrogens is 5. The normalized spacial score (nSPS) is 17.5. The molecule has 2 aromatic rings. The highest BCUT2D eigenvalue weighted by atomic mass is 16.6. The zero-order valence-electron chi connectivity index (χ0n) is 10.7. The molecule has 1 saturated heterocycles. The lowest BCUT2D eigenvalue weighted by atomic mass is 10.2. The molecule has 0 amide bonds. The average molecular weight is 263 g/mol. The van der Waals surface area contributed by atoms with Gasteiger partial charge in [-0.05, 0) is 36.2 Å². The van der Waals surface area contributed by atoms with E-state index < -0.39 is 0 Å². The third-order valence-electron chi connectivity index (χ3n) is 3.40. The molecule has 0 atom stereocenters. The minimum atomic E-state index is 0.225. The van der Waals surface area contributed by atoms with E-state index >= 15 is 0 Å². The van der Waals surface area contributed by atoms with Crippen LogP contribution >= 0.6 is 0 Å². The summed E-state index contributed by atoms with van der Waals surface area (Å²) >= 11 is 0. The van der Waals surface area contributed by atoms with Gasteiger partial charge in [0.15, 0.2) is 0 Å². The Balaban J connectivity index is 1.78. The standard InChI is InChI=1S/C11H17N7O/c12-10-11(15-19-14-10)18-9(7-13-16-18)8-17-5-3-1-2-4-6-17/h7H,1-6,8H2,(H2,12,14). The Morgan fingerprint density at radius 2 is 1.95 bits per heavy atom. The van der Waals surface area contributed by atoms with Crippen LogP contribution in [0.2, 0.25) is 0 Å². The van der Waals surface area contributed by atoms with Gasteiger partial charge in [0, 0.05) is 6.54 Å². The minimum Gasteiger partial charge on any atom is -0.378 e. The van der Waals surface area contributed by atoms with Crippen molar-refractivity contribution in [2.24, 2.45) is 0 Å².